The van der Waals surface area contributed by atoms with Crippen LogP contribution in [0.25, 0.3) is 0 Å². The van der Waals surface area contributed by atoms with E-state index < -0.39 is 0 Å². The summed E-state index contributed by atoms with van der Waals surface area (Å²) in [6.07, 6.45) is 1.05. The number of hydrogen-bond acceptors (Lipinski definition) is 3. The second kappa shape index (κ2) is 8.13. The van der Waals surface area contributed by atoms with E-state index in [-0.39, 0.29) is 18.4 Å². The first-order chi connectivity index (χ1) is 9.17. The molecular weight excluding hydrogens is 242 g/mol. The van der Waals surface area contributed by atoms with Gasteiger partial charge in [-0.05, 0) is 37.6 Å². The minimum Gasteiger partial charge on any atom is -0.385 e. The van der Waals surface area contributed by atoms with Crippen molar-refractivity contribution in [3.8, 4) is 0 Å². The fraction of sp³-hybridized carbons (Fsp3) is 0.429. The van der Waals surface area contributed by atoms with Crippen LogP contribution in [0.1, 0.15) is 30.6 Å². The Hall–Kier alpha value is -2.04. The van der Waals surface area contributed by atoms with E-state index in [1.807, 2.05) is 19.1 Å². The lowest BCUT2D eigenvalue weighted by molar-refractivity contribution is -0.120. The highest BCUT2D eigenvalue weighted by Gasteiger charge is 2.07. The third kappa shape index (κ3) is 5.42. The number of rotatable bonds is 7. The average Bonchev–Trinajstić information content (AvgIpc) is 2.43. The van der Waals surface area contributed by atoms with Gasteiger partial charge in [-0.25, -0.2) is 0 Å². The Labute approximate surface area is 113 Å². The predicted octanol–water partition coefficient (Wildman–Crippen LogP) is 1.37. The van der Waals surface area contributed by atoms with Crippen LogP contribution in [-0.4, -0.2) is 31.4 Å². The van der Waals surface area contributed by atoms with Crippen molar-refractivity contribution in [1.29, 1.82) is 0 Å². The quantitative estimate of drug-likeness (QED) is 0.696. The average molecular weight is 263 g/mol. The summed E-state index contributed by atoms with van der Waals surface area (Å²) in [4.78, 5) is 23.0. The highest BCUT2D eigenvalue weighted by atomic mass is 16.2. The fourth-order valence-electron chi connectivity index (χ4n) is 1.53. The number of likely N-dealkylation sites (N-methyl/N-ethyl adjacent to an activating group) is 1. The second-order valence-corrected chi connectivity index (χ2v) is 4.14. The van der Waals surface area contributed by atoms with Crippen LogP contribution in [0.5, 0.6) is 0 Å². The first kappa shape index (κ1) is 15.0. The smallest absolute Gasteiger partial charge is 0.251 e. The lowest BCUT2D eigenvalue weighted by Crippen LogP contribution is -2.36. The molecule has 0 aliphatic rings. The molecule has 5 nitrogen and oxygen atoms in total. The summed E-state index contributed by atoms with van der Waals surface area (Å²) >= 11 is 0. The second-order valence-electron chi connectivity index (χ2n) is 4.14. The summed E-state index contributed by atoms with van der Waals surface area (Å²) in [5.41, 5.74) is 1.54. The number of carbonyl (C=O) groups is 2. The molecule has 1 aromatic rings. The van der Waals surface area contributed by atoms with Crippen molar-refractivity contribution in [3.05, 3.63) is 29.8 Å². The predicted molar refractivity (Wildman–Crippen MR) is 76.2 cm³/mol. The minimum atomic E-state index is -0.242. The first-order valence-corrected chi connectivity index (χ1v) is 6.56. The molecule has 0 atom stereocenters. The molecule has 0 aliphatic heterocycles. The van der Waals surface area contributed by atoms with Gasteiger partial charge >= 0.3 is 0 Å². The summed E-state index contributed by atoms with van der Waals surface area (Å²) in [5, 5.41) is 8.43. The van der Waals surface area contributed by atoms with Gasteiger partial charge in [-0.2, -0.15) is 0 Å². The molecule has 0 unspecified atom stereocenters. The van der Waals surface area contributed by atoms with Crippen LogP contribution in [0.3, 0.4) is 0 Å². The van der Waals surface area contributed by atoms with E-state index in [1.54, 1.807) is 12.1 Å². The van der Waals surface area contributed by atoms with Gasteiger partial charge in [-0.3, -0.25) is 9.59 Å². The van der Waals surface area contributed by atoms with Crippen molar-refractivity contribution >= 4 is 17.5 Å². The van der Waals surface area contributed by atoms with Crippen molar-refractivity contribution < 1.29 is 9.59 Å². The van der Waals surface area contributed by atoms with E-state index in [9.17, 15) is 9.59 Å². The molecule has 0 aliphatic carbocycles. The van der Waals surface area contributed by atoms with Crippen molar-refractivity contribution in [1.82, 2.24) is 10.6 Å². The Morgan fingerprint density at radius 1 is 1.05 bits per heavy atom. The molecule has 0 radical (unpaired) electrons. The summed E-state index contributed by atoms with van der Waals surface area (Å²) in [5.74, 6) is -0.426. The molecule has 0 aromatic heterocycles. The van der Waals surface area contributed by atoms with Crippen LogP contribution < -0.4 is 16.0 Å². The Bertz CT molecular complexity index is 415. The van der Waals surface area contributed by atoms with Crippen LogP contribution >= 0.6 is 0 Å². The van der Waals surface area contributed by atoms with Crippen molar-refractivity contribution in [2.75, 3.05) is 25.0 Å². The molecule has 0 saturated heterocycles. The molecule has 0 bridgehead atoms. The van der Waals surface area contributed by atoms with Crippen LogP contribution in [0.4, 0.5) is 5.69 Å². The largest absolute Gasteiger partial charge is 0.385 e. The van der Waals surface area contributed by atoms with Gasteiger partial charge in [-0.15, -0.1) is 0 Å². The van der Waals surface area contributed by atoms with Crippen LogP contribution in [0.2, 0.25) is 0 Å². The van der Waals surface area contributed by atoms with Gasteiger partial charge in [0.1, 0.15) is 0 Å². The summed E-state index contributed by atoms with van der Waals surface area (Å²) < 4.78 is 0. The van der Waals surface area contributed by atoms with Crippen LogP contribution in [-0.2, 0) is 4.79 Å². The van der Waals surface area contributed by atoms with Gasteiger partial charge in [0.2, 0.25) is 5.91 Å². The zero-order valence-electron chi connectivity index (χ0n) is 11.5. The zero-order chi connectivity index (χ0) is 14.1. The molecule has 1 aromatic carbocycles. The molecular formula is C14H21N3O2. The maximum Gasteiger partial charge on any atom is 0.251 e. The number of hydrogen-bond donors (Lipinski definition) is 3. The SMILES string of the molecule is CCCNc1ccc(C(=O)NCC(=O)NCC)cc1. The summed E-state index contributed by atoms with van der Waals surface area (Å²) in [6, 6.07) is 7.20. The molecule has 0 saturated carbocycles. The maximum absolute atomic E-state index is 11.8. The van der Waals surface area contributed by atoms with E-state index >= 15 is 0 Å². The van der Waals surface area contributed by atoms with Crippen LogP contribution in [0.15, 0.2) is 24.3 Å². The van der Waals surface area contributed by atoms with Crippen LogP contribution in [0, 0.1) is 0 Å². The molecule has 0 fully saturated rings. The Morgan fingerprint density at radius 3 is 2.32 bits per heavy atom. The van der Waals surface area contributed by atoms with E-state index in [2.05, 4.69) is 22.9 Å². The van der Waals surface area contributed by atoms with Crippen molar-refractivity contribution in [3.63, 3.8) is 0 Å². The molecule has 0 heterocycles. The number of benzene rings is 1. The highest BCUT2D eigenvalue weighted by molar-refractivity contribution is 5.96. The summed E-state index contributed by atoms with van der Waals surface area (Å²) in [7, 11) is 0. The number of anilines is 1. The Kier molecular flexibility index (Phi) is 6.43. The fourth-order valence-corrected chi connectivity index (χ4v) is 1.53. The molecule has 2 amide bonds. The topological polar surface area (TPSA) is 70.2 Å². The minimum absolute atomic E-state index is 0.00249. The molecule has 19 heavy (non-hydrogen) atoms. The van der Waals surface area contributed by atoms with E-state index in [0.29, 0.717) is 12.1 Å². The van der Waals surface area contributed by atoms with E-state index in [1.165, 1.54) is 0 Å². The molecule has 1 rings (SSSR count). The molecule has 5 heteroatoms. The van der Waals surface area contributed by atoms with Gasteiger partial charge in [0.05, 0.1) is 6.54 Å². The zero-order valence-corrected chi connectivity index (χ0v) is 11.5. The number of amides is 2. The third-order valence-corrected chi connectivity index (χ3v) is 2.51. The highest BCUT2D eigenvalue weighted by Crippen LogP contribution is 2.09. The van der Waals surface area contributed by atoms with Crippen molar-refractivity contribution in [2.45, 2.75) is 20.3 Å². The molecule has 3 N–H and O–H groups in total. The normalized spacial score (nSPS) is 9.79. The Morgan fingerprint density at radius 2 is 1.74 bits per heavy atom. The van der Waals surface area contributed by atoms with Gasteiger partial charge in [0, 0.05) is 24.3 Å². The van der Waals surface area contributed by atoms with Gasteiger partial charge in [-0.1, -0.05) is 6.92 Å². The maximum atomic E-state index is 11.8. The van der Waals surface area contributed by atoms with E-state index in [0.717, 1.165) is 18.7 Å². The Balaban J connectivity index is 2.46. The lowest BCUT2D eigenvalue weighted by Gasteiger charge is -2.07. The third-order valence-electron chi connectivity index (χ3n) is 2.51. The summed E-state index contributed by atoms with van der Waals surface area (Å²) in [6.45, 7) is 5.40. The number of carbonyl (C=O) groups excluding carboxylic acids is 2. The van der Waals surface area contributed by atoms with Crippen molar-refractivity contribution in [2.24, 2.45) is 0 Å². The standard InChI is InChI=1S/C14H21N3O2/c1-3-9-16-12-7-5-11(6-8-12)14(19)17-10-13(18)15-4-2/h5-8,16H,3-4,9-10H2,1-2H3,(H,15,18)(H,17,19). The lowest BCUT2D eigenvalue weighted by atomic mass is 10.2. The first-order valence-electron chi connectivity index (χ1n) is 6.56. The van der Waals surface area contributed by atoms with Gasteiger partial charge in [0.25, 0.3) is 5.91 Å². The van der Waals surface area contributed by atoms with Gasteiger partial charge < -0.3 is 16.0 Å². The molecule has 0 spiro atoms. The monoisotopic (exact) mass is 263 g/mol. The van der Waals surface area contributed by atoms with Gasteiger partial charge in [0.15, 0.2) is 0 Å². The number of nitrogens with one attached hydrogen (secondary N) is 3. The molecule has 104 valence electrons. The van der Waals surface area contributed by atoms with E-state index in [4.69, 9.17) is 0 Å².